The number of hydrogen-bond acceptors (Lipinski definition) is 1. The highest BCUT2D eigenvalue weighted by molar-refractivity contribution is 14.0. The van der Waals surface area contributed by atoms with E-state index < -0.39 is 0 Å². The highest BCUT2D eigenvalue weighted by atomic mass is 127. The molecule has 0 heterocycles. The minimum atomic E-state index is 0. The molecule has 0 fully saturated rings. The molecule has 0 aromatic heterocycles. The summed E-state index contributed by atoms with van der Waals surface area (Å²) in [4.78, 5) is 6.45. The number of hydrogen-bond donors (Lipinski definition) is 1. The molecule has 112 valence electrons. The van der Waals surface area contributed by atoms with Gasteiger partial charge in [-0.1, -0.05) is 42.0 Å². The summed E-state index contributed by atoms with van der Waals surface area (Å²) in [6.45, 7) is 5.92. The first kappa shape index (κ1) is 19.0. The second kappa shape index (κ2) is 10.7. The molecule has 1 rings (SSSR count). The summed E-state index contributed by atoms with van der Waals surface area (Å²) >= 11 is 0. The number of nitrogens with one attached hydrogen (secondary N) is 1. The zero-order valence-corrected chi connectivity index (χ0v) is 15.2. The van der Waals surface area contributed by atoms with Crippen LogP contribution in [0.25, 0.3) is 0 Å². The van der Waals surface area contributed by atoms with Crippen LogP contribution in [0.2, 0.25) is 0 Å². The monoisotopic (exact) mass is 387 g/mol. The Morgan fingerprint density at radius 2 is 1.95 bits per heavy atom. The van der Waals surface area contributed by atoms with E-state index in [1.54, 1.807) is 0 Å². The first-order valence-electron chi connectivity index (χ1n) is 6.76. The number of benzene rings is 1. The predicted molar refractivity (Wildman–Crippen MR) is 98.9 cm³/mol. The topological polar surface area (TPSA) is 27.6 Å². The van der Waals surface area contributed by atoms with Crippen LogP contribution in [0.15, 0.2) is 41.4 Å². The van der Waals surface area contributed by atoms with Crippen molar-refractivity contribution in [1.29, 1.82) is 0 Å². The van der Waals surface area contributed by atoms with E-state index in [0.717, 1.165) is 25.5 Å². The molecule has 0 aliphatic heterocycles. The third kappa shape index (κ3) is 6.93. The maximum atomic E-state index is 4.31. The average Bonchev–Trinajstić information content (AvgIpc) is 2.41. The largest absolute Gasteiger partial charge is 0.356 e. The van der Waals surface area contributed by atoms with Crippen molar-refractivity contribution in [3.8, 4) is 0 Å². The van der Waals surface area contributed by atoms with Crippen molar-refractivity contribution in [3.63, 3.8) is 0 Å². The summed E-state index contributed by atoms with van der Waals surface area (Å²) in [5.41, 5.74) is 2.59. The lowest BCUT2D eigenvalue weighted by molar-refractivity contribution is 0.477. The molecule has 0 saturated heterocycles. The third-order valence-corrected chi connectivity index (χ3v) is 2.94. The lowest BCUT2D eigenvalue weighted by atomic mass is 10.1. The zero-order chi connectivity index (χ0) is 14.1. The molecule has 1 aromatic rings. The van der Waals surface area contributed by atoms with Crippen molar-refractivity contribution in [2.75, 3.05) is 20.6 Å². The Labute approximate surface area is 140 Å². The van der Waals surface area contributed by atoms with Crippen LogP contribution in [0.4, 0.5) is 0 Å². The van der Waals surface area contributed by atoms with E-state index in [1.807, 2.05) is 14.0 Å². The molecule has 0 saturated carbocycles. The van der Waals surface area contributed by atoms with Crippen LogP contribution in [0.1, 0.15) is 24.5 Å². The van der Waals surface area contributed by atoms with Crippen molar-refractivity contribution in [1.82, 2.24) is 10.2 Å². The van der Waals surface area contributed by atoms with Crippen LogP contribution < -0.4 is 5.32 Å². The van der Waals surface area contributed by atoms with E-state index in [4.69, 9.17) is 0 Å². The van der Waals surface area contributed by atoms with Crippen molar-refractivity contribution in [2.45, 2.75) is 26.8 Å². The molecule has 0 radical (unpaired) electrons. The minimum Gasteiger partial charge on any atom is -0.356 e. The van der Waals surface area contributed by atoms with E-state index in [1.165, 1.54) is 11.1 Å². The molecule has 0 bridgehead atoms. The smallest absolute Gasteiger partial charge is 0.193 e. The Kier molecular flexibility index (Phi) is 10.2. The summed E-state index contributed by atoms with van der Waals surface area (Å²) in [6.07, 6.45) is 5.24. The Morgan fingerprint density at radius 1 is 1.30 bits per heavy atom. The molecule has 0 atom stereocenters. The SMILES string of the molecule is C/C=C/CCNC(=NC)N(C)Cc1ccc(C)cc1.I. The van der Waals surface area contributed by atoms with Gasteiger partial charge in [-0.25, -0.2) is 0 Å². The molecule has 3 nitrogen and oxygen atoms in total. The fourth-order valence-electron chi connectivity index (χ4n) is 1.86. The lowest BCUT2D eigenvalue weighted by Gasteiger charge is -2.22. The van der Waals surface area contributed by atoms with E-state index in [0.29, 0.717) is 0 Å². The molecule has 0 unspecified atom stereocenters. The quantitative estimate of drug-likeness (QED) is 0.275. The number of halogens is 1. The van der Waals surface area contributed by atoms with Gasteiger partial charge >= 0.3 is 0 Å². The fraction of sp³-hybridized carbons (Fsp3) is 0.438. The van der Waals surface area contributed by atoms with E-state index in [2.05, 4.69) is 65.6 Å². The van der Waals surface area contributed by atoms with E-state index in [-0.39, 0.29) is 24.0 Å². The van der Waals surface area contributed by atoms with Crippen LogP contribution in [0.5, 0.6) is 0 Å². The molecular weight excluding hydrogens is 361 g/mol. The zero-order valence-electron chi connectivity index (χ0n) is 12.9. The van der Waals surface area contributed by atoms with Crippen molar-refractivity contribution >= 4 is 29.9 Å². The molecule has 0 aliphatic rings. The van der Waals surface area contributed by atoms with Gasteiger partial charge in [0.05, 0.1) is 0 Å². The van der Waals surface area contributed by atoms with Gasteiger partial charge in [0.15, 0.2) is 5.96 Å². The molecule has 20 heavy (non-hydrogen) atoms. The molecule has 4 heteroatoms. The minimum absolute atomic E-state index is 0. The molecule has 0 spiro atoms. The van der Waals surface area contributed by atoms with Gasteiger partial charge in [-0.2, -0.15) is 0 Å². The second-order valence-corrected chi connectivity index (χ2v) is 4.67. The molecule has 1 aromatic carbocycles. The van der Waals surface area contributed by atoms with Crippen LogP contribution in [0.3, 0.4) is 0 Å². The Bertz CT molecular complexity index is 424. The van der Waals surface area contributed by atoms with E-state index >= 15 is 0 Å². The Hall–Kier alpha value is -1.04. The molecule has 0 amide bonds. The maximum Gasteiger partial charge on any atom is 0.193 e. The van der Waals surface area contributed by atoms with E-state index in [9.17, 15) is 0 Å². The van der Waals surface area contributed by atoms with Gasteiger partial charge in [0.1, 0.15) is 0 Å². The van der Waals surface area contributed by atoms with Gasteiger partial charge in [0.2, 0.25) is 0 Å². The van der Waals surface area contributed by atoms with Gasteiger partial charge in [-0.05, 0) is 25.8 Å². The number of rotatable bonds is 5. The summed E-state index contributed by atoms with van der Waals surface area (Å²) in [6, 6.07) is 8.62. The normalized spacial score (nSPS) is 11.3. The van der Waals surface area contributed by atoms with Crippen LogP contribution in [0, 0.1) is 6.92 Å². The fourth-order valence-corrected chi connectivity index (χ4v) is 1.86. The van der Waals surface area contributed by atoms with Crippen LogP contribution in [-0.4, -0.2) is 31.5 Å². The first-order valence-corrected chi connectivity index (χ1v) is 6.76. The number of guanidine groups is 1. The van der Waals surface area contributed by atoms with Gasteiger partial charge in [0, 0.05) is 27.2 Å². The summed E-state index contributed by atoms with van der Waals surface area (Å²) < 4.78 is 0. The first-order chi connectivity index (χ1) is 9.17. The van der Waals surface area contributed by atoms with Crippen LogP contribution >= 0.6 is 24.0 Å². The summed E-state index contributed by atoms with van der Waals surface area (Å²) in [7, 11) is 3.88. The average molecular weight is 387 g/mol. The number of allylic oxidation sites excluding steroid dienone is 1. The predicted octanol–water partition coefficient (Wildman–Crippen LogP) is 3.59. The van der Waals surface area contributed by atoms with Crippen LogP contribution in [-0.2, 0) is 6.54 Å². The number of aliphatic imine (C=N–C) groups is 1. The highest BCUT2D eigenvalue weighted by Gasteiger charge is 2.05. The lowest BCUT2D eigenvalue weighted by Crippen LogP contribution is -2.38. The molecule has 0 aliphatic carbocycles. The van der Waals surface area contributed by atoms with Gasteiger partial charge < -0.3 is 10.2 Å². The third-order valence-electron chi connectivity index (χ3n) is 2.94. The number of aryl methyl sites for hydroxylation is 1. The Balaban J connectivity index is 0.00000361. The number of nitrogens with zero attached hydrogens (tertiary/aromatic N) is 2. The second-order valence-electron chi connectivity index (χ2n) is 4.67. The Morgan fingerprint density at radius 3 is 2.50 bits per heavy atom. The standard InChI is InChI=1S/C16H25N3.HI/c1-5-6-7-12-18-16(17-3)19(4)13-15-10-8-14(2)9-11-15;/h5-6,8-11H,7,12-13H2,1-4H3,(H,17,18);1H/b6-5+;. The van der Waals surface area contributed by atoms with Crippen molar-refractivity contribution < 1.29 is 0 Å². The van der Waals surface area contributed by atoms with Crippen molar-refractivity contribution in [2.24, 2.45) is 4.99 Å². The maximum absolute atomic E-state index is 4.31. The summed E-state index contributed by atoms with van der Waals surface area (Å²) in [5, 5.41) is 3.36. The van der Waals surface area contributed by atoms with Gasteiger partial charge in [0.25, 0.3) is 0 Å². The molecular formula is C16H26IN3. The van der Waals surface area contributed by atoms with Gasteiger partial charge in [-0.3, -0.25) is 4.99 Å². The highest BCUT2D eigenvalue weighted by Crippen LogP contribution is 2.05. The van der Waals surface area contributed by atoms with Gasteiger partial charge in [-0.15, -0.1) is 24.0 Å². The van der Waals surface area contributed by atoms with Crippen molar-refractivity contribution in [3.05, 3.63) is 47.5 Å². The molecule has 1 N–H and O–H groups in total. The summed E-state index contributed by atoms with van der Waals surface area (Å²) in [5.74, 6) is 0.935.